The molecule has 1 aliphatic carbocycles. The molecule has 1 heterocycles. The summed E-state index contributed by atoms with van der Waals surface area (Å²) in [6.07, 6.45) is 3.71. The Labute approximate surface area is 139 Å². The summed E-state index contributed by atoms with van der Waals surface area (Å²) in [6, 6.07) is 4.81. The molecule has 2 atom stereocenters. The van der Waals surface area contributed by atoms with Gasteiger partial charge < -0.3 is 5.32 Å². The van der Waals surface area contributed by atoms with Gasteiger partial charge in [0.2, 0.25) is 0 Å². The third kappa shape index (κ3) is 2.38. The maximum atomic E-state index is 12.9. The smallest absolute Gasteiger partial charge is 0.323 e. The highest BCUT2D eigenvalue weighted by molar-refractivity contribution is 6.36. The van der Waals surface area contributed by atoms with Crippen molar-refractivity contribution < 1.29 is 9.59 Å². The maximum absolute atomic E-state index is 12.9. The average molecular weight is 341 g/mol. The molecule has 0 bridgehead atoms. The Hall–Kier alpha value is -1.26. The fraction of sp³-hybridized carbons (Fsp3) is 0.500. The van der Waals surface area contributed by atoms with Crippen LogP contribution in [-0.4, -0.2) is 22.4 Å². The van der Waals surface area contributed by atoms with E-state index in [1.54, 1.807) is 18.2 Å². The number of carbonyl (C=O) groups excluding carboxylic acids is 2. The van der Waals surface area contributed by atoms with Crippen molar-refractivity contribution in [3.63, 3.8) is 0 Å². The summed E-state index contributed by atoms with van der Waals surface area (Å²) in [5.74, 6) is -0.00916. The molecule has 6 heteroatoms. The molecule has 1 saturated carbocycles. The van der Waals surface area contributed by atoms with Crippen molar-refractivity contribution in [1.29, 1.82) is 0 Å². The zero-order valence-corrected chi connectivity index (χ0v) is 13.9. The van der Waals surface area contributed by atoms with Gasteiger partial charge in [-0.25, -0.2) is 4.79 Å². The van der Waals surface area contributed by atoms with Crippen LogP contribution in [0.3, 0.4) is 0 Å². The standard InChI is InChI=1S/C16H18Cl2N2O2/c1-10-5-2-3-8-16(10)14(21)20(15(22)19-16)9-11-12(17)6-4-7-13(11)18/h4,6-7,10H,2-3,5,8-9H2,1H3,(H,19,22)/t10-,16+/m0/s1. The first kappa shape index (κ1) is 15.6. The number of nitrogens with zero attached hydrogens (tertiary/aromatic N) is 1. The lowest BCUT2D eigenvalue weighted by molar-refractivity contribution is -0.134. The van der Waals surface area contributed by atoms with Gasteiger partial charge in [-0.3, -0.25) is 9.69 Å². The van der Waals surface area contributed by atoms with Crippen molar-refractivity contribution >= 4 is 35.1 Å². The number of imide groups is 1. The number of hydrogen-bond acceptors (Lipinski definition) is 2. The SMILES string of the molecule is C[C@H]1CCCC[C@@]12NC(=O)N(Cc1c(Cl)cccc1Cl)C2=O. The van der Waals surface area contributed by atoms with Crippen molar-refractivity contribution in [2.45, 2.75) is 44.7 Å². The van der Waals surface area contributed by atoms with Gasteiger partial charge in [0.1, 0.15) is 5.54 Å². The van der Waals surface area contributed by atoms with Crippen LogP contribution in [0.5, 0.6) is 0 Å². The lowest BCUT2D eigenvalue weighted by atomic mass is 9.73. The van der Waals surface area contributed by atoms with E-state index in [0.717, 1.165) is 19.3 Å². The molecule has 22 heavy (non-hydrogen) atoms. The first-order chi connectivity index (χ1) is 10.5. The summed E-state index contributed by atoms with van der Waals surface area (Å²) < 4.78 is 0. The molecule has 0 aromatic heterocycles. The third-order valence-electron chi connectivity index (χ3n) is 4.88. The first-order valence-electron chi connectivity index (χ1n) is 7.53. The number of rotatable bonds is 2. The minimum absolute atomic E-state index is 0.109. The lowest BCUT2D eigenvalue weighted by Crippen LogP contribution is -2.53. The number of halogens is 2. The highest BCUT2D eigenvalue weighted by Crippen LogP contribution is 2.39. The predicted molar refractivity (Wildman–Crippen MR) is 85.9 cm³/mol. The van der Waals surface area contributed by atoms with Crippen molar-refractivity contribution in [2.75, 3.05) is 0 Å². The van der Waals surface area contributed by atoms with Crippen LogP contribution in [0.25, 0.3) is 0 Å². The van der Waals surface area contributed by atoms with Crippen LogP contribution in [0, 0.1) is 5.92 Å². The van der Waals surface area contributed by atoms with Gasteiger partial charge >= 0.3 is 6.03 Å². The van der Waals surface area contributed by atoms with E-state index >= 15 is 0 Å². The second-order valence-electron chi connectivity index (χ2n) is 6.14. The Balaban J connectivity index is 1.89. The Bertz CT molecular complexity index is 614. The van der Waals surface area contributed by atoms with Crippen molar-refractivity contribution in [1.82, 2.24) is 10.2 Å². The number of amides is 3. The Morgan fingerprint density at radius 1 is 1.27 bits per heavy atom. The van der Waals surface area contributed by atoms with E-state index in [0.29, 0.717) is 22.0 Å². The van der Waals surface area contributed by atoms with Crippen LogP contribution in [-0.2, 0) is 11.3 Å². The molecule has 1 spiro atoms. The quantitative estimate of drug-likeness (QED) is 0.827. The summed E-state index contributed by atoms with van der Waals surface area (Å²) in [5.41, 5.74) is -0.141. The van der Waals surface area contributed by atoms with Crippen LogP contribution in [0.2, 0.25) is 10.0 Å². The minimum atomic E-state index is -0.747. The van der Waals surface area contributed by atoms with Gasteiger partial charge in [-0.2, -0.15) is 0 Å². The molecule has 0 radical (unpaired) electrons. The van der Waals surface area contributed by atoms with Gasteiger partial charge in [0, 0.05) is 15.6 Å². The molecular weight excluding hydrogens is 323 g/mol. The van der Waals surface area contributed by atoms with Crippen molar-refractivity contribution in [2.24, 2.45) is 5.92 Å². The van der Waals surface area contributed by atoms with E-state index in [1.165, 1.54) is 4.90 Å². The minimum Gasteiger partial charge on any atom is -0.323 e. The van der Waals surface area contributed by atoms with Crippen molar-refractivity contribution in [3.8, 4) is 0 Å². The number of benzene rings is 1. The molecule has 3 rings (SSSR count). The largest absolute Gasteiger partial charge is 0.325 e. The summed E-state index contributed by atoms with van der Waals surface area (Å²) in [5, 5.41) is 3.86. The molecule has 2 fully saturated rings. The summed E-state index contributed by atoms with van der Waals surface area (Å²) in [7, 11) is 0. The fourth-order valence-electron chi connectivity index (χ4n) is 3.48. The Morgan fingerprint density at radius 2 is 1.95 bits per heavy atom. The van der Waals surface area contributed by atoms with Gasteiger partial charge in [0.15, 0.2) is 0 Å². The summed E-state index contributed by atoms with van der Waals surface area (Å²) >= 11 is 12.3. The van der Waals surface area contributed by atoms with Gasteiger partial charge in [-0.05, 0) is 30.9 Å². The molecule has 0 unspecified atom stereocenters. The van der Waals surface area contributed by atoms with Crippen LogP contribution in [0.1, 0.15) is 38.2 Å². The molecule has 4 nitrogen and oxygen atoms in total. The predicted octanol–water partition coefficient (Wildman–Crippen LogP) is 3.99. The third-order valence-corrected chi connectivity index (χ3v) is 5.59. The molecule has 1 aromatic carbocycles. The van der Waals surface area contributed by atoms with Crippen LogP contribution >= 0.6 is 23.2 Å². The first-order valence-corrected chi connectivity index (χ1v) is 8.28. The van der Waals surface area contributed by atoms with E-state index < -0.39 is 5.54 Å². The lowest BCUT2D eigenvalue weighted by Gasteiger charge is -2.36. The number of urea groups is 1. The highest BCUT2D eigenvalue weighted by atomic mass is 35.5. The van der Waals surface area contributed by atoms with E-state index in [4.69, 9.17) is 23.2 Å². The van der Waals surface area contributed by atoms with E-state index in [2.05, 4.69) is 5.32 Å². The fourth-order valence-corrected chi connectivity index (χ4v) is 4.00. The van der Waals surface area contributed by atoms with Crippen LogP contribution < -0.4 is 5.32 Å². The van der Waals surface area contributed by atoms with Crippen LogP contribution in [0.4, 0.5) is 4.79 Å². The Morgan fingerprint density at radius 3 is 2.59 bits per heavy atom. The van der Waals surface area contributed by atoms with Gasteiger partial charge in [-0.1, -0.05) is 49.0 Å². The molecular formula is C16H18Cl2N2O2. The van der Waals surface area contributed by atoms with Gasteiger partial charge in [0.25, 0.3) is 5.91 Å². The van der Waals surface area contributed by atoms with E-state index in [1.807, 2.05) is 6.92 Å². The molecule has 1 N–H and O–H groups in total. The molecule has 3 amide bonds. The molecule has 118 valence electrons. The number of hydrogen-bond donors (Lipinski definition) is 1. The highest BCUT2D eigenvalue weighted by Gasteiger charge is 2.54. The summed E-state index contributed by atoms with van der Waals surface area (Å²) in [4.78, 5) is 26.5. The number of nitrogens with one attached hydrogen (secondary N) is 1. The Kier molecular flexibility index (Phi) is 4.08. The monoisotopic (exact) mass is 340 g/mol. The second kappa shape index (κ2) is 5.74. The number of carbonyl (C=O) groups is 2. The average Bonchev–Trinajstić information content (AvgIpc) is 2.71. The molecule has 1 aromatic rings. The topological polar surface area (TPSA) is 49.4 Å². The maximum Gasteiger partial charge on any atom is 0.325 e. The zero-order chi connectivity index (χ0) is 15.9. The van der Waals surface area contributed by atoms with E-state index in [-0.39, 0.29) is 24.4 Å². The van der Waals surface area contributed by atoms with Crippen LogP contribution in [0.15, 0.2) is 18.2 Å². The van der Waals surface area contributed by atoms with Crippen molar-refractivity contribution in [3.05, 3.63) is 33.8 Å². The summed E-state index contributed by atoms with van der Waals surface area (Å²) in [6.45, 7) is 2.14. The van der Waals surface area contributed by atoms with Gasteiger partial charge in [0.05, 0.1) is 6.54 Å². The molecule has 1 aliphatic heterocycles. The van der Waals surface area contributed by atoms with Gasteiger partial charge in [-0.15, -0.1) is 0 Å². The second-order valence-corrected chi connectivity index (χ2v) is 6.95. The molecule has 2 aliphatic rings. The molecule has 1 saturated heterocycles. The normalized spacial score (nSPS) is 28.3. The van der Waals surface area contributed by atoms with E-state index in [9.17, 15) is 9.59 Å². The zero-order valence-electron chi connectivity index (χ0n) is 12.4.